The number of rotatable bonds is 4. The van der Waals surface area contributed by atoms with Crippen molar-refractivity contribution in [2.75, 3.05) is 26.7 Å². The normalized spacial score (nSPS) is 28.7. The highest BCUT2D eigenvalue weighted by Gasteiger charge is 2.46. The van der Waals surface area contributed by atoms with Crippen LogP contribution in [0.25, 0.3) is 0 Å². The SMILES string of the molecule is CNC[C@@H]1CCN(C(=O)[C@H]2C[C@@H]2c2cccc(Br)c2)C1. The van der Waals surface area contributed by atoms with E-state index in [4.69, 9.17) is 0 Å². The van der Waals surface area contributed by atoms with Crippen LogP contribution >= 0.6 is 15.9 Å². The number of nitrogens with one attached hydrogen (secondary N) is 1. The second kappa shape index (κ2) is 5.86. The van der Waals surface area contributed by atoms with Gasteiger partial charge in [-0.1, -0.05) is 28.1 Å². The lowest BCUT2D eigenvalue weighted by atomic mass is 10.1. The smallest absolute Gasteiger partial charge is 0.226 e. The van der Waals surface area contributed by atoms with Gasteiger partial charge in [0.05, 0.1) is 0 Å². The van der Waals surface area contributed by atoms with E-state index in [2.05, 4.69) is 44.3 Å². The molecule has 108 valence electrons. The zero-order chi connectivity index (χ0) is 14.1. The van der Waals surface area contributed by atoms with Crippen molar-refractivity contribution in [1.29, 1.82) is 0 Å². The standard InChI is InChI=1S/C16H21BrN2O/c1-18-9-11-5-6-19(10-11)16(20)15-8-14(15)12-3-2-4-13(17)7-12/h2-4,7,11,14-15,18H,5-6,8-10H2,1H3/t11-,14+,15-/m0/s1. The molecule has 4 heteroatoms. The zero-order valence-corrected chi connectivity index (χ0v) is 13.4. The van der Waals surface area contributed by atoms with E-state index < -0.39 is 0 Å². The predicted molar refractivity (Wildman–Crippen MR) is 83.6 cm³/mol. The number of likely N-dealkylation sites (tertiary alicyclic amines) is 1. The third-order valence-electron chi connectivity index (χ3n) is 4.47. The van der Waals surface area contributed by atoms with Crippen LogP contribution in [-0.2, 0) is 4.79 Å². The van der Waals surface area contributed by atoms with Crippen molar-refractivity contribution in [3.63, 3.8) is 0 Å². The van der Waals surface area contributed by atoms with Gasteiger partial charge in [0.2, 0.25) is 5.91 Å². The summed E-state index contributed by atoms with van der Waals surface area (Å²) in [6.45, 7) is 2.89. The molecule has 0 aromatic heterocycles. The molecule has 1 heterocycles. The molecule has 1 N–H and O–H groups in total. The van der Waals surface area contributed by atoms with Gasteiger partial charge in [-0.15, -0.1) is 0 Å². The molecular weight excluding hydrogens is 316 g/mol. The van der Waals surface area contributed by atoms with Crippen LogP contribution in [0.5, 0.6) is 0 Å². The maximum atomic E-state index is 12.5. The van der Waals surface area contributed by atoms with E-state index in [1.807, 2.05) is 13.1 Å². The molecule has 1 aliphatic carbocycles. The molecule has 20 heavy (non-hydrogen) atoms. The first-order chi connectivity index (χ1) is 9.69. The lowest BCUT2D eigenvalue weighted by Crippen LogP contribution is -2.31. The van der Waals surface area contributed by atoms with Crippen LogP contribution in [0.3, 0.4) is 0 Å². The maximum absolute atomic E-state index is 12.5. The summed E-state index contributed by atoms with van der Waals surface area (Å²) in [5.41, 5.74) is 1.30. The van der Waals surface area contributed by atoms with Crippen LogP contribution in [0.1, 0.15) is 24.3 Å². The van der Waals surface area contributed by atoms with E-state index >= 15 is 0 Å². The molecule has 3 nitrogen and oxygen atoms in total. The predicted octanol–water partition coefficient (Wildman–Crippen LogP) is 2.62. The number of benzene rings is 1. The highest BCUT2D eigenvalue weighted by Crippen LogP contribution is 2.49. The van der Waals surface area contributed by atoms with Crippen LogP contribution in [-0.4, -0.2) is 37.5 Å². The second-order valence-electron chi connectivity index (χ2n) is 6.00. The molecule has 0 unspecified atom stereocenters. The summed E-state index contributed by atoms with van der Waals surface area (Å²) < 4.78 is 1.10. The van der Waals surface area contributed by atoms with Gasteiger partial charge in [-0.05, 0) is 56.0 Å². The van der Waals surface area contributed by atoms with Gasteiger partial charge in [-0.3, -0.25) is 4.79 Å². The van der Waals surface area contributed by atoms with Crippen molar-refractivity contribution in [3.05, 3.63) is 34.3 Å². The van der Waals surface area contributed by atoms with Gasteiger partial charge >= 0.3 is 0 Å². The fourth-order valence-electron chi connectivity index (χ4n) is 3.30. The summed E-state index contributed by atoms with van der Waals surface area (Å²) in [6.07, 6.45) is 2.16. The minimum absolute atomic E-state index is 0.220. The van der Waals surface area contributed by atoms with E-state index in [9.17, 15) is 4.79 Å². The lowest BCUT2D eigenvalue weighted by Gasteiger charge is -2.16. The molecule has 0 spiro atoms. The Morgan fingerprint density at radius 1 is 1.50 bits per heavy atom. The minimum atomic E-state index is 0.220. The van der Waals surface area contributed by atoms with E-state index in [1.165, 1.54) is 5.56 Å². The second-order valence-corrected chi connectivity index (χ2v) is 6.92. The Hall–Kier alpha value is -0.870. The third-order valence-corrected chi connectivity index (χ3v) is 4.97. The van der Waals surface area contributed by atoms with E-state index in [-0.39, 0.29) is 5.92 Å². The molecule has 3 rings (SSSR count). The molecule has 2 fully saturated rings. The van der Waals surface area contributed by atoms with Gasteiger partial charge in [-0.25, -0.2) is 0 Å². The van der Waals surface area contributed by atoms with Crippen LogP contribution in [0.4, 0.5) is 0 Å². The Morgan fingerprint density at radius 2 is 2.35 bits per heavy atom. The van der Waals surface area contributed by atoms with Crippen LogP contribution in [0.2, 0.25) is 0 Å². The summed E-state index contributed by atoms with van der Waals surface area (Å²) in [5, 5.41) is 3.21. The van der Waals surface area contributed by atoms with Crippen molar-refractivity contribution in [2.45, 2.75) is 18.8 Å². The molecule has 0 radical (unpaired) electrons. The Labute approximate surface area is 128 Å². The topological polar surface area (TPSA) is 32.3 Å². The number of hydrogen-bond donors (Lipinski definition) is 1. The largest absolute Gasteiger partial charge is 0.342 e. The molecule has 1 saturated heterocycles. The Morgan fingerprint density at radius 3 is 3.10 bits per heavy atom. The molecule has 2 aliphatic rings. The number of hydrogen-bond acceptors (Lipinski definition) is 2. The van der Waals surface area contributed by atoms with E-state index in [1.54, 1.807) is 0 Å². The van der Waals surface area contributed by atoms with Gasteiger partial charge in [0.15, 0.2) is 0 Å². The van der Waals surface area contributed by atoms with Crippen molar-refractivity contribution in [1.82, 2.24) is 10.2 Å². The molecule has 3 atom stereocenters. The van der Waals surface area contributed by atoms with Crippen LogP contribution < -0.4 is 5.32 Å². The molecule has 1 aliphatic heterocycles. The summed E-state index contributed by atoms with van der Waals surface area (Å²) in [6, 6.07) is 8.37. The summed E-state index contributed by atoms with van der Waals surface area (Å²) in [4.78, 5) is 14.6. The number of carbonyl (C=O) groups is 1. The van der Waals surface area contributed by atoms with Gasteiger partial charge in [0.1, 0.15) is 0 Å². The van der Waals surface area contributed by atoms with Crippen molar-refractivity contribution >= 4 is 21.8 Å². The fraction of sp³-hybridized carbons (Fsp3) is 0.562. The third kappa shape index (κ3) is 2.91. The van der Waals surface area contributed by atoms with E-state index in [0.717, 1.165) is 36.9 Å². The highest BCUT2D eigenvalue weighted by atomic mass is 79.9. The van der Waals surface area contributed by atoms with Gasteiger partial charge < -0.3 is 10.2 Å². The number of carbonyl (C=O) groups excluding carboxylic acids is 1. The Kier molecular flexibility index (Phi) is 4.13. The van der Waals surface area contributed by atoms with E-state index in [0.29, 0.717) is 17.7 Å². The number of halogens is 1. The van der Waals surface area contributed by atoms with Crippen molar-refractivity contribution in [3.8, 4) is 0 Å². The average molecular weight is 337 g/mol. The lowest BCUT2D eigenvalue weighted by molar-refractivity contribution is -0.131. The average Bonchev–Trinajstić information content (AvgIpc) is 3.11. The molecule has 1 saturated carbocycles. The first-order valence-electron chi connectivity index (χ1n) is 7.38. The van der Waals surface area contributed by atoms with Crippen LogP contribution in [0, 0.1) is 11.8 Å². The minimum Gasteiger partial charge on any atom is -0.342 e. The monoisotopic (exact) mass is 336 g/mol. The Balaban J connectivity index is 1.58. The molecule has 1 aromatic carbocycles. The van der Waals surface area contributed by atoms with Crippen molar-refractivity contribution in [2.24, 2.45) is 11.8 Å². The Bertz CT molecular complexity index is 505. The van der Waals surface area contributed by atoms with Gasteiger partial charge in [-0.2, -0.15) is 0 Å². The first-order valence-corrected chi connectivity index (χ1v) is 8.17. The van der Waals surface area contributed by atoms with Crippen molar-refractivity contribution < 1.29 is 4.79 Å². The molecule has 0 bridgehead atoms. The number of nitrogens with zero attached hydrogens (tertiary/aromatic N) is 1. The molecule has 1 aromatic rings. The van der Waals surface area contributed by atoms with Crippen LogP contribution in [0.15, 0.2) is 28.7 Å². The molecule has 1 amide bonds. The first kappa shape index (κ1) is 14.1. The highest BCUT2D eigenvalue weighted by molar-refractivity contribution is 9.10. The summed E-state index contributed by atoms with van der Waals surface area (Å²) in [7, 11) is 1.98. The van der Waals surface area contributed by atoms with Gasteiger partial charge in [0.25, 0.3) is 0 Å². The molecular formula is C16H21BrN2O. The quantitative estimate of drug-likeness (QED) is 0.916. The maximum Gasteiger partial charge on any atom is 0.226 e. The number of amides is 1. The zero-order valence-electron chi connectivity index (χ0n) is 11.8. The fourth-order valence-corrected chi connectivity index (χ4v) is 3.71. The summed E-state index contributed by atoms with van der Waals surface area (Å²) >= 11 is 3.50. The van der Waals surface area contributed by atoms with Gasteiger partial charge in [0, 0.05) is 23.5 Å². The summed E-state index contributed by atoms with van der Waals surface area (Å²) in [5.74, 6) is 1.65.